The van der Waals surface area contributed by atoms with Crippen LogP contribution in [0.1, 0.15) is 50.7 Å². The molecule has 4 nitrogen and oxygen atoms in total. The number of hydrogen-bond donors (Lipinski definition) is 0. The van der Waals surface area contributed by atoms with Crippen LogP contribution in [-0.4, -0.2) is 18.7 Å². The van der Waals surface area contributed by atoms with Crippen LogP contribution in [-0.2, 0) is 7.05 Å². The van der Waals surface area contributed by atoms with E-state index in [1.807, 2.05) is 6.20 Å². The predicted octanol–water partition coefficient (Wildman–Crippen LogP) is 11.8. The Bertz CT molecular complexity index is 2440. The summed E-state index contributed by atoms with van der Waals surface area (Å²) in [5.74, 6) is 1.77. The Kier molecular flexibility index (Phi) is 7.65. The van der Waals surface area contributed by atoms with E-state index in [2.05, 4.69) is 176 Å². The fourth-order valence-electron chi connectivity index (χ4n) is 7.14. The van der Waals surface area contributed by atoms with Gasteiger partial charge in [0, 0.05) is 58.1 Å². The van der Waals surface area contributed by atoms with Gasteiger partial charge in [-0.15, -0.1) is 0 Å². The normalized spacial score (nSPS) is 11.9. The lowest BCUT2D eigenvalue weighted by molar-refractivity contribution is 0.838. The number of benzene rings is 5. The maximum absolute atomic E-state index is 4.99. The second-order valence-corrected chi connectivity index (χ2v) is 14.4. The van der Waals surface area contributed by atoms with Gasteiger partial charge in [-0.1, -0.05) is 81.9 Å². The van der Waals surface area contributed by atoms with Gasteiger partial charge in [-0.05, 0) is 88.7 Å². The first-order valence-electron chi connectivity index (χ1n) is 16.7. The third-order valence-electron chi connectivity index (χ3n) is 9.42. The molecule has 0 fully saturated rings. The van der Waals surface area contributed by atoms with Crippen LogP contribution in [0.3, 0.4) is 0 Å². The zero-order valence-electron chi connectivity index (χ0n) is 28.1. The molecule has 0 atom stereocenters. The third-order valence-corrected chi connectivity index (χ3v) is 10.4. The van der Waals surface area contributed by atoms with Gasteiger partial charge < -0.3 is 0 Å². The maximum atomic E-state index is 4.99. The molecule has 0 saturated heterocycles. The summed E-state index contributed by atoms with van der Waals surface area (Å²) in [5, 5.41) is 2.46. The summed E-state index contributed by atoms with van der Waals surface area (Å²) in [6.45, 7) is 9.14. The number of rotatable bonds is 7. The van der Waals surface area contributed by atoms with Gasteiger partial charge >= 0.3 is 0 Å². The second kappa shape index (κ2) is 12.1. The van der Waals surface area contributed by atoms with Crippen molar-refractivity contribution in [1.29, 1.82) is 0 Å². The molecular formula is C43H39N4S+. The Morgan fingerprint density at radius 3 is 2.04 bits per heavy atom. The zero-order chi connectivity index (χ0) is 32.9. The maximum Gasteiger partial charge on any atom is 0.191 e. The molecule has 0 aliphatic rings. The molecule has 0 N–H and O–H groups in total. The van der Waals surface area contributed by atoms with Crippen LogP contribution in [0.4, 0.5) is 0 Å². The Morgan fingerprint density at radius 2 is 1.27 bits per heavy atom. The predicted molar refractivity (Wildman–Crippen MR) is 203 cm³/mol. The van der Waals surface area contributed by atoms with E-state index < -0.39 is 0 Å². The minimum absolute atomic E-state index is 0.417. The highest BCUT2D eigenvalue weighted by atomic mass is 32.2. The lowest BCUT2D eigenvalue weighted by atomic mass is 9.85. The van der Waals surface area contributed by atoms with Crippen molar-refractivity contribution in [1.82, 2.24) is 18.7 Å². The number of aryl methyl sites for hydroxylation is 1. The van der Waals surface area contributed by atoms with Crippen LogP contribution in [0.25, 0.3) is 55.5 Å². The van der Waals surface area contributed by atoms with Gasteiger partial charge in [-0.25, -0.2) is 9.55 Å². The summed E-state index contributed by atoms with van der Waals surface area (Å²) in [5.41, 5.74) is 11.2. The van der Waals surface area contributed by atoms with E-state index in [1.54, 1.807) is 11.8 Å². The molecule has 3 aromatic heterocycles. The van der Waals surface area contributed by atoms with Gasteiger partial charge in [0.05, 0.1) is 11.0 Å². The number of para-hydroxylation sites is 3. The van der Waals surface area contributed by atoms with Crippen LogP contribution < -0.4 is 0 Å². The van der Waals surface area contributed by atoms with Crippen molar-refractivity contribution in [3.8, 4) is 22.6 Å². The molecule has 5 aromatic carbocycles. The Balaban J connectivity index is 1.24. The smallest absolute Gasteiger partial charge is 0.191 e. The Hall–Kier alpha value is -5.13. The molecule has 0 amide bonds. The molecule has 48 heavy (non-hydrogen) atoms. The summed E-state index contributed by atoms with van der Waals surface area (Å²) in [6, 6.07) is 44.1. The molecule has 0 saturated carbocycles. The minimum atomic E-state index is 0.417. The minimum Gasteiger partial charge on any atom is -0.294 e. The first-order valence-corrected chi connectivity index (χ1v) is 17.6. The highest BCUT2D eigenvalue weighted by molar-refractivity contribution is 7.99. The summed E-state index contributed by atoms with van der Waals surface area (Å²) in [6.07, 6.45) is 4.13. The van der Waals surface area contributed by atoms with E-state index in [0.29, 0.717) is 11.8 Å². The van der Waals surface area contributed by atoms with Gasteiger partial charge in [0.25, 0.3) is 0 Å². The number of imidazole rings is 1. The van der Waals surface area contributed by atoms with E-state index in [1.165, 1.54) is 53.9 Å². The van der Waals surface area contributed by atoms with Crippen molar-refractivity contribution in [2.75, 3.05) is 0 Å². The lowest BCUT2D eigenvalue weighted by Crippen LogP contribution is -2.02. The van der Waals surface area contributed by atoms with Crippen LogP contribution >= 0.6 is 11.8 Å². The van der Waals surface area contributed by atoms with E-state index in [0.717, 1.165) is 22.5 Å². The summed E-state index contributed by atoms with van der Waals surface area (Å²) >= 11 is 1.79. The van der Waals surface area contributed by atoms with Crippen LogP contribution in [0, 0.1) is 0 Å². The van der Waals surface area contributed by atoms with Crippen molar-refractivity contribution in [3.63, 3.8) is 0 Å². The molecule has 0 unspecified atom stereocenters. The second-order valence-electron chi connectivity index (χ2n) is 13.2. The van der Waals surface area contributed by atoms with E-state index >= 15 is 0 Å². The average molecular weight is 644 g/mol. The quantitative estimate of drug-likeness (QED) is 0.162. The number of hydrogen-bond acceptors (Lipinski definition) is 2. The van der Waals surface area contributed by atoms with Gasteiger partial charge in [0.2, 0.25) is 0 Å². The topological polar surface area (TPSA) is 27.7 Å². The molecule has 5 heteroatoms. The Morgan fingerprint density at radius 1 is 0.604 bits per heavy atom. The van der Waals surface area contributed by atoms with Crippen molar-refractivity contribution in [2.45, 2.75) is 49.3 Å². The molecule has 8 rings (SSSR count). The molecule has 0 aliphatic heterocycles. The number of fused-ring (bicyclic) bond motifs is 4. The SMILES string of the molecule is CC(C)c1cccc(C(C)C)c1-c1ccnc(-n2c3ccccc3c3ccc(Sc4cccc(-n5[cH+]n(C)c6ccccc65)c4)cc32)c1. The van der Waals surface area contributed by atoms with Crippen LogP contribution in [0.2, 0.25) is 0 Å². The molecular weight excluding hydrogens is 605 g/mol. The van der Waals surface area contributed by atoms with Gasteiger partial charge in [0.15, 0.2) is 17.4 Å². The zero-order valence-corrected chi connectivity index (χ0v) is 28.9. The average Bonchev–Trinajstić information content (AvgIpc) is 3.62. The molecule has 8 aromatic rings. The van der Waals surface area contributed by atoms with E-state index in [4.69, 9.17) is 4.98 Å². The summed E-state index contributed by atoms with van der Waals surface area (Å²) in [4.78, 5) is 7.38. The Labute approximate surface area is 286 Å². The number of nitrogens with zero attached hydrogens (tertiary/aromatic N) is 4. The van der Waals surface area contributed by atoms with Gasteiger partial charge in [-0.3, -0.25) is 4.57 Å². The molecule has 0 radical (unpaired) electrons. The van der Waals surface area contributed by atoms with Crippen molar-refractivity contribution in [2.24, 2.45) is 7.05 Å². The lowest BCUT2D eigenvalue weighted by Gasteiger charge is -2.20. The first-order chi connectivity index (χ1) is 23.4. The van der Waals surface area contributed by atoms with Crippen molar-refractivity contribution < 1.29 is 0 Å². The van der Waals surface area contributed by atoms with Crippen LogP contribution in [0.5, 0.6) is 0 Å². The molecule has 3 heterocycles. The van der Waals surface area contributed by atoms with E-state index in [9.17, 15) is 0 Å². The van der Waals surface area contributed by atoms with Crippen LogP contribution in [0.15, 0.2) is 144 Å². The molecule has 236 valence electrons. The standard InChI is InChI=1S/C43H39N4S/c1-28(2)34-15-11-16-35(29(3)4)43(34)30-22-23-44-42(24-30)47-38-17-7-6-14-36(38)37-21-20-33(26-41(37)47)48-32-13-10-12-31(25-32)46-27-45(5)39-18-8-9-19-40(39)46/h6-29H,1-5H3/q+1. The number of aromatic nitrogens is 4. The van der Waals surface area contributed by atoms with Gasteiger partial charge in [0.1, 0.15) is 11.5 Å². The largest absolute Gasteiger partial charge is 0.294 e. The third kappa shape index (κ3) is 5.19. The van der Waals surface area contributed by atoms with Gasteiger partial charge in [-0.2, -0.15) is 4.57 Å². The molecule has 0 spiro atoms. The molecule has 0 aliphatic carbocycles. The van der Waals surface area contributed by atoms with E-state index in [-0.39, 0.29) is 0 Å². The summed E-state index contributed by atoms with van der Waals surface area (Å²) in [7, 11) is 2.10. The van der Waals surface area contributed by atoms with Crippen molar-refractivity contribution >= 4 is 44.6 Å². The highest BCUT2D eigenvalue weighted by Crippen LogP contribution is 2.39. The fourth-order valence-corrected chi connectivity index (χ4v) is 8.05. The summed E-state index contributed by atoms with van der Waals surface area (Å²) < 4.78 is 6.78. The molecule has 0 bridgehead atoms. The fraction of sp³-hybridized carbons (Fsp3) is 0.163. The highest BCUT2D eigenvalue weighted by Gasteiger charge is 2.19. The monoisotopic (exact) mass is 643 g/mol. The first kappa shape index (κ1) is 30.2. The number of pyridine rings is 1. The van der Waals surface area contributed by atoms with Crippen molar-refractivity contribution in [3.05, 3.63) is 145 Å².